The van der Waals surface area contributed by atoms with Gasteiger partial charge in [-0.05, 0) is 49.4 Å². The molecule has 2 atom stereocenters. The zero-order valence-electron chi connectivity index (χ0n) is 16.8. The van der Waals surface area contributed by atoms with E-state index in [-0.39, 0.29) is 24.0 Å². The van der Waals surface area contributed by atoms with Crippen LogP contribution >= 0.6 is 24.0 Å². The molecule has 1 aliphatic heterocycles. The molecule has 2 aromatic carbocycles. The summed E-state index contributed by atoms with van der Waals surface area (Å²) in [5.41, 5.74) is 4.20. The van der Waals surface area contributed by atoms with Crippen molar-refractivity contribution in [3.63, 3.8) is 0 Å². The van der Waals surface area contributed by atoms with Crippen molar-refractivity contribution >= 4 is 35.6 Å². The largest absolute Gasteiger partial charge is 0.371 e. The molecule has 5 heteroatoms. The first-order valence-corrected chi connectivity index (χ1v) is 10.1. The van der Waals surface area contributed by atoms with E-state index in [1.54, 1.807) is 0 Å². The third-order valence-electron chi connectivity index (χ3n) is 5.88. The van der Waals surface area contributed by atoms with E-state index in [0.717, 1.165) is 31.9 Å². The predicted octanol–water partition coefficient (Wildman–Crippen LogP) is 4.30. The number of para-hydroxylation sites is 1. The first kappa shape index (κ1) is 21.0. The van der Waals surface area contributed by atoms with Gasteiger partial charge >= 0.3 is 0 Å². The summed E-state index contributed by atoms with van der Waals surface area (Å²) in [4.78, 5) is 6.95. The molecule has 4 rings (SSSR count). The Morgan fingerprint density at radius 3 is 2.32 bits per heavy atom. The van der Waals surface area contributed by atoms with Crippen LogP contribution in [-0.2, 0) is 0 Å². The van der Waals surface area contributed by atoms with Gasteiger partial charge in [0.15, 0.2) is 5.96 Å². The van der Waals surface area contributed by atoms with Crippen LogP contribution in [0.5, 0.6) is 0 Å². The summed E-state index contributed by atoms with van der Waals surface area (Å²) in [6, 6.07) is 20.4. The third-order valence-corrected chi connectivity index (χ3v) is 5.88. The van der Waals surface area contributed by atoms with E-state index in [4.69, 9.17) is 0 Å². The minimum absolute atomic E-state index is 0. The van der Waals surface area contributed by atoms with Gasteiger partial charge in [0.05, 0.1) is 0 Å². The molecule has 2 aromatic rings. The molecular weight excluding hydrogens is 459 g/mol. The van der Waals surface area contributed by atoms with E-state index < -0.39 is 0 Å². The second-order valence-electron chi connectivity index (χ2n) is 7.76. The number of anilines is 1. The Morgan fingerprint density at radius 2 is 1.64 bits per heavy atom. The van der Waals surface area contributed by atoms with Crippen molar-refractivity contribution < 1.29 is 0 Å². The number of aliphatic imine (C=N–C) groups is 1. The first-order chi connectivity index (χ1) is 13.2. The van der Waals surface area contributed by atoms with Gasteiger partial charge in [0, 0.05) is 43.8 Å². The van der Waals surface area contributed by atoms with Crippen LogP contribution in [0.25, 0.3) is 0 Å². The molecule has 1 saturated carbocycles. The van der Waals surface area contributed by atoms with Crippen LogP contribution in [0.15, 0.2) is 59.6 Å². The van der Waals surface area contributed by atoms with Crippen molar-refractivity contribution in [1.29, 1.82) is 0 Å². The highest BCUT2D eigenvalue weighted by Gasteiger charge is 2.39. The molecular formula is C23H31IN4. The fourth-order valence-electron chi connectivity index (χ4n) is 4.16. The van der Waals surface area contributed by atoms with Crippen molar-refractivity contribution in [1.82, 2.24) is 10.6 Å². The van der Waals surface area contributed by atoms with Gasteiger partial charge in [0.2, 0.25) is 0 Å². The smallest absolute Gasteiger partial charge is 0.191 e. The molecule has 0 amide bonds. The Hall–Kier alpha value is -1.76. The van der Waals surface area contributed by atoms with Crippen molar-refractivity contribution in [2.75, 3.05) is 25.0 Å². The van der Waals surface area contributed by atoms with Crippen LogP contribution < -0.4 is 15.5 Å². The average molecular weight is 490 g/mol. The number of halogens is 1. The summed E-state index contributed by atoms with van der Waals surface area (Å²) < 4.78 is 0. The maximum absolute atomic E-state index is 4.47. The van der Waals surface area contributed by atoms with Gasteiger partial charge in [-0.3, -0.25) is 4.99 Å². The Labute approximate surface area is 185 Å². The fraction of sp³-hybridized carbons (Fsp3) is 0.435. The number of hydrogen-bond donors (Lipinski definition) is 2. The SMILES string of the molecule is CN=C(NC1CCN(c2ccccc2)CC1)NC1CC1c1ccccc1C.I. The van der Waals surface area contributed by atoms with Gasteiger partial charge in [0.25, 0.3) is 0 Å². The maximum Gasteiger partial charge on any atom is 0.191 e. The zero-order chi connectivity index (χ0) is 18.6. The summed E-state index contributed by atoms with van der Waals surface area (Å²) >= 11 is 0. The highest BCUT2D eigenvalue weighted by Crippen LogP contribution is 2.42. The molecule has 1 heterocycles. The summed E-state index contributed by atoms with van der Waals surface area (Å²) in [6.07, 6.45) is 3.47. The molecule has 2 aliphatic rings. The topological polar surface area (TPSA) is 39.7 Å². The monoisotopic (exact) mass is 490 g/mol. The van der Waals surface area contributed by atoms with Crippen LogP contribution in [0, 0.1) is 6.92 Å². The number of nitrogens with one attached hydrogen (secondary N) is 2. The van der Waals surface area contributed by atoms with Crippen LogP contribution in [-0.4, -0.2) is 38.2 Å². The van der Waals surface area contributed by atoms with Gasteiger partial charge in [-0.25, -0.2) is 0 Å². The normalized spacial score (nSPS) is 22.4. The Balaban J connectivity index is 0.00000225. The second-order valence-corrected chi connectivity index (χ2v) is 7.76. The second kappa shape index (κ2) is 9.63. The average Bonchev–Trinajstić information content (AvgIpc) is 3.48. The fourth-order valence-corrected chi connectivity index (χ4v) is 4.16. The molecule has 2 N–H and O–H groups in total. The van der Waals surface area contributed by atoms with Gasteiger partial charge in [-0.2, -0.15) is 0 Å². The van der Waals surface area contributed by atoms with Crippen LogP contribution in [0.1, 0.15) is 36.3 Å². The number of hydrogen-bond acceptors (Lipinski definition) is 2. The number of rotatable bonds is 4. The van der Waals surface area contributed by atoms with Gasteiger partial charge in [-0.1, -0.05) is 42.5 Å². The molecule has 0 spiro atoms. The van der Waals surface area contributed by atoms with Crippen molar-refractivity contribution in [3.05, 3.63) is 65.7 Å². The molecule has 150 valence electrons. The Kier molecular flexibility index (Phi) is 7.21. The van der Waals surface area contributed by atoms with E-state index >= 15 is 0 Å². The van der Waals surface area contributed by atoms with Crippen LogP contribution in [0.3, 0.4) is 0 Å². The number of nitrogens with zero attached hydrogens (tertiary/aromatic N) is 2. The lowest BCUT2D eigenvalue weighted by Gasteiger charge is -2.34. The van der Waals surface area contributed by atoms with Crippen molar-refractivity contribution in [2.45, 2.75) is 44.2 Å². The van der Waals surface area contributed by atoms with Gasteiger partial charge in [0.1, 0.15) is 0 Å². The minimum atomic E-state index is 0. The van der Waals surface area contributed by atoms with E-state index in [1.165, 1.54) is 23.2 Å². The predicted molar refractivity (Wildman–Crippen MR) is 129 cm³/mol. The molecule has 0 radical (unpaired) electrons. The number of benzene rings is 2. The zero-order valence-corrected chi connectivity index (χ0v) is 19.1. The van der Waals surface area contributed by atoms with E-state index in [1.807, 2.05) is 7.05 Å². The Morgan fingerprint density at radius 1 is 0.964 bits per heavy atom. The summed E-state index contributed by atoms with van der Waals surface area (Å²) in [7, 11) is 1.87. The molecule has 28 heavy (non-hydrogen) atoms. The molecule has 1 aliphatic carbocycles. The minimum Gasteiger partial charge on any atom is -0.371 e. The number of guanidine groups is 1. The lowest BCUT2D eigenvalue weighted by atomic mass is 10.0. The first-order valence-electron chi connectivity index (χ1n) is 10.1. The van der Waals surface area contributed by atoms with Crippen molar-refractivity contribution in [2.24, 2.45) is 4.99 Å². The lowest BCUT2D eigenvalue weighted by Crippen LogP contribution is -2.49. The van der Waals surface area contributed by atoms with Gasteiger partial charge in [-0.15, -0.1) is 24.0 Å². The molecule has 0 aromatic heterocycles. The summed E-state index contributed by atoms with van der Waals surface area (Å²) in [5, 5.41) is 7.28. The van der Waals surface area contributed by atoms with Crippen molar-refractivity contribution in [3.8, 4) is 0 Å². The maximum atomic E-state index is 4.47. The van der Waals surface area contributed by atoms with Crippen LogP contribution in [0.2, 0.25) is 0 Å². The highest BCUT2D eigenvalue weighted by atomic mass is 127. The van der Waals surface area contributed by atoms with Crippen LogP contribution in [0.4, 0.5) is 5.69 Å². The lowest BCUT2D eigenvalue weighted by molar-refractivity contribution is 0.461. The Bertz CT molecular complexity index is 784. The highest BCUT2D eigenvalue weighted by molar-refractivity contribution is 14.0. The van der Waals surface area contributed by atoms with Gasteiger partial charge < -0.3 is 15.5 Å². The summed E-state index contributed by atoms with van der Waals surface area (Å²) in [6.45, 7) is 4.39. The summed E-state index contributed by atoms with van der Waals surface area (Å²) in [5.74, 6) is 1.57. The number of aryl methyl sites for hydroxylation is 1. The van der Waals surface area contributed by atoms with E-state index in [0.29, 0.717) is 18.0 Å². The molecule has 2 unspecified atom stereocenters. The molecule has 1 saturated heterocycles. The molecule has 2 fully saturated rings. The quantitative estimate of drug-likeness (QED) is 0.382. The third kappa shape index (κ3) is 4.99. The van der Waals surface area contributed by atoms with E-state index in [2.05, 4.69) is 82.0 Å². The van der Waals surface area contributed by atoms with E-state index in [9.17, 15) is 0 Å². The molecule has 0 bridgehead atoms. The molecule has 4 nitrogen and oxygen atoms in total. The standard InChI is InChI=1S/C23H30N4.HI/c1-17-8-6-7-11-20(17)21-16-22(21)26-23(24-2)25-18-12-14-27(15-13-18)19-9-4-3-5-10-19;/h3-11,18,21-22H,12-16H2,1-2H3,(H2,24,25,26);1H. The number of piperidine rings is 1.